The molecule has 1 amide bonds. The van der Waals surface area contributed by atoms with Crippen LogP contribution in [0, 0.1) is 0 Å². The van der Waals surface area contributed by atoms with E-state index in [1.165, 1.54) is 0 Å². The summed E-state index contributed by atoms with van der Waals surface area (Å²) in [7, 11) is 1.64. The van der Waals surface area contributed by atoms with E-state index in [0.29, 0.717) is 18.0 Å². The third-order valence-electron chi connectivity index (χ3n) is 2.44. The molecule has 94 valence electrons. The zero-order valence-electron chi connectivity index (χ0n) is 10.5. The fraction of sp³-hybridized carbons (Fsp3) is 0.818. The summed E-state index contributed by atoms with van der Waals surface area (Å²) in [6.07, 6.45) is 1.29. The molecule has 0 aliphatic carbocycles. The smallest absolute Gasteiger partial charge is 0.223 e. The number of hydrogen-bond acceptors (Lipinski definition) is 3. The monoisotopic (exact) mass is 246 g/mol. The summed E-state index contributed by atoms with van der Waals surface area (Å²) in [4.78, 5) is 13.9. The molecule has 0 aliphatic heterocycles. The van der Waals surface area contributed by atoms with Gasteiger partial charge in [-0.05, 0) is 27.2 Å². The lowest BCUT2D eigenvalue weighted by molar-refractivity contribution is -0.132. The summed E-state index contributed by atoms with van der Waals surface area (Å²) in [6.45, 7) is 6.21. The number of hydrogen-bond donors (Lipinski definition) is 1. The van der Waals surface area contributed by atoms with Crippen LogP contribution in [0.15, 0.2) is 0 Å². The highest BCUT2D eigenvalue weighted by atomic mass is 32.1. The highest BCUT2D eigenvalue weighted by Crippen LogP contribution is 2.07. The van der Waals surface area contributed by atoms with Gasteiger partial charge in [0.1, 0.15) is 0 Å². The van der Waals surface area contributed by atoms with Crippen molar-refractivity contribution < 1.29 is 9.53 Å². The number of rotatable bonds is 7. The number of carbonyl (C=O) groups excluding carboxylic acids is 1. The summed E-state index contributed by atoms with van der Waals surface area (Å²) in [6, 6.07) is 0.117. The van der Waals surface area contributed by atoms with Crippen LogP contribution in [0.25, 0.3) is 0 Å². The normalized spacial score (nSPS) is 12.6. The van der Waals surface area contributed by atoms with Gasteiger partial charge in [-0.25, -0.2) is 0 Å². The molecule has 0 fully saturated rings. The first-order valence-electron chi connectivity index (χ1n) is 5.49. The van der Waals surface area contributed by atoms with Crippen molar-refractivity contribution in [3.05, 3.63) is 0 Å². The zero-order chi connectivity index (χ0) is 12.7. The average molecular weight is 246 g/mol. The number of methoxy groups -OCH3 is 1. The molecule has 4 nitrogen and oxygen atoms in total. The number of carbonyl (C=O) groups is 1. The van der Waals surface area contributed by atoms with Crippen LogP contribution in [0.1, 0.15) is 33.6 Å². The van der Waals surface area contributed by atoms with E-state index in [2.05, 4.69) is 0 Å². The van der Waals surface area contributed by atoms with Gasteiger partial charge in [0.25, 0.3) is 0 Å². The highest BCUT2D eigenvalue weighted by Gasteiger charge is 2.18. The van der Waals surface area contributed by atoms with E-state index in [1.54, 1.807) is 12.0 Å². The molecule has 0 aromatic carbocycles. The number of amides is 1. The third-order valence-corrected chi connectivity index (χ3v) is 2.57. The van der Waals surface area contributed by atoms with Gasteiger partial charge < -0.3 is 15.4 Å². The number of nitrogens with zero attached hydrogens (tertiary/aromatic N) is 1. The minimum absolute atomic E-state index is 0.0756. The van der Waals surface area contributed by atoms with E-state index < -0.39 is 0 Å². The molecular formula is C11H22N2O2S. The Balaban J connectivity index is 4.22. The molecule has 2 N–H and O–H groups in total. The van der Waals surface area contributed by atoms with Gasteiger partial charge in [-0.2, -0.15) is 0 Å². The van der Waals surface area contributed by atoms with Crippen LogP contribution in [0.2, 0.25) is 0 Å². The van der Waals surface area contributed by atoms with Crippen molar-refractivity contribution in [3.63, 3.8) is 0 Å². The lowest BCUT2D eigenvalue weighted by Crippen LogP contribution is -2.42. The quantitative estimate of drug-likeness (QED) is 0.688. The Kier molecular flexibility index (Phi) is 7.25. The van der Waals surface area contributed by atoms with Gasteiger partial charge >= 0.3 is 0 Å². The van der Waals surface area contributed by atoms with Gasteiger partial charge in [-0.1, -0.05) is 12.2 Å². The van der Waals surface area contributed by atoms with Gasteiger partial charge in [0.2, 0.25) is 5.91 Å². The van der Waals surface area contributed by atoms with Crippen molar-refractivity contribution in [1.29, 1.82) is 0 Å². The van der Waals surface area contributed by atoms with Gasteiger partial charge in [-0.3, -0.25) is 4.79 Å². The molecule has 1 unspecified atom stereocenters. The van der Waals surface area contributed by atoms with Gasteiger partial charge in [0, 0.05) is 19.6 Å². The fourth-order valence-corrected chi connectivity index (χ4v) is 1.45. The van der Waals surface area contributed by atoms with Gasteiger partial charge in [0.15, 0.2) is 0 Å². The topological polar surface area (TPSA) is 55.6 Å². The summed E-state index contributed by atoms with van der Waals surface area (Å²) in [5.74, 6) is 0.0756. The minimum atomic E-state index is 0.0756. The van der Waals surface area contributed by atoms with Crippen LogP contribution < -0.4 is 5.73 Å². The molecule has 1 atom stereocenters. The Morgan fingerprint density at radius 2 is 2.00 bits per heavy atom. The zero-order valence-corrected chi connectivity index (χ0v) is 11.3. The number of nitrogens with two attached hydrogens (primary N) is 1. The van der Waals surface area contributed by atoms with Crippen molar-refractivity contribution in [2.24, 2.45) is 5.73 Å². The molecule has 0 saturated carbocycles. The molecular weight excluding hydrogens is 224 g/mol. The standard InChI is InChI=1S/C11H22N2O2S/c1-8(2)13(7-10(12)16)11(14)6-5-9(3)15-4/h8-9H,5-7H2,1-4H3,(H2,12,16). The fourth-order valence-electron chi connectivity index (χ4n) is 1.31. The van der Waals surface area contributed by atoms with Crippen LogP contribution in [0.4, 0.5) is 0 Å². The van der Waals surface area contributed by atoms with Crippen LogP contribution in [0.5, 0.6) is 0 Å². The maximum absolute atomic E-state index is 11.9. The molecule has 0 aromatic rings. The molecule has 16 heavy (non-hydrogen) atoms. The van der Waals surface area contributed by atoms with Crippen LogP contribution >= 0.6 is 12.2 Å². The Labute approximate surface area is 103 Å². The second kappa shape index (κ2) is 7.57. The van der Waals surface area contributed by atoms with Crippen molar-refractivity contribution in [2.75, 3.05) is 13.7 Å². The summed E-state index contributed by atoms with van der Waals surface area (Å²) >= 11 is 4.83. The Hall–Kier alpha value is -0.680. The lowest BCUT2D eigenvalue weighted by Gasteiger charge is -2.26. The van der Waals surface area contributed by atoms with E-state index in [4.69, 9.17) is 22.7 Å². The van der Waals surface area contributed by atoms with Crippen LogP contribution in [0.3, 0.4) is 0 Å². The van der Waals surface area contributed by atoms with E-state index in [1.807, 2.05) is 20.8 Å². The van der Waals surface area contributed by atoms with Gasteiger partial charge in [0.05, 0.1) is 17.6 Å². The Morgan fingerprint density at radius 3 is 2.38 bits per heavy atom. The molecule has 0 saturated heterocycles. The maximum atomic E-state index is 11.9. The summed E-state index contributed by atoms with van der Waals surface area (Å²) in [5.41, 5.74) is 5.46. The van der Waals surface area contributed by atoms with E-state index >= 15 is 0 Å². The second-order valence-corrected chi connectivity index (χ2v) is 4.69. The van der Waals surface area contributed by atoms with Crippen molar-refractivity contribution in [2.45, 2.75) is 45.8 Å². The molecule has 0 radical (unpaired) electrons. The average Bonchev–Trinajstić information content (AvgIpc) is 2.21. The third kappa shape index (κ3) is 6.02. The maximum Gasteiger partial charge on any atom is 0.223 e. The highest BCUT2D eigenvalue weighted by molar-refractivity contribution is 7.80. The van der Waals surface area contributed by atoms with E-state index in [0.717, 1.165) is 6.42 Å². The molecule has 0 bridgehead atoms. The summed E-state index contributed by atoms with van der Waals surface area (Å²) in [5, 5.41) is 0. The first-order valence-corrected chi connectivity index (χ1v) is 5.89. The van der Waals surface area contributed by atoms with Crippen molar-refractivity contribution in [1.82, 2.24) is 4.90 Å². The predicted molar refractivity (Wildman–Crippen MR) is 69.3 cm³/mol. The Morgan fingerprint density at radius 1 is 1.44 bits per heavy atom. The SMILES string of the molecule is COC(C)CCC(=O)N(CC(N)=S)C(C)C. The van der Waals surface area contributed by atoms with Crippen LogP contribution in [-0.2, 0) is 9.53 Å². The van der Waals surface area contributed by atoms with Crippen LogP contribution in [-0.4, -0.2) is 41.6 Å². The molecule has 5 heteroatoms. The van der Waals surface area contributed by atoms with Crippen molar-refractivity contribution >= 4 is 23.1 Å². The molecule has 0 aromatic heterocycles. The first-order chi connectivity index (χ1) is 7.38. The first kappa shape index (κ1) is 15.3. The van der Waals surface area contributed by atoms with Gasteiger partial charge in [-0.15, -0.1) is 0 Å². The second-order valence-electron chi connectivity index (χ2n) is 4.17. The van der Waals surface area contributed by atoms with E-state index in [-0.39, 0.29) is 18.1 Å². The summed E-state index contributed by atoms with van der Waals surface area (Å²) < 4.78 is 5.10. The largest absolute Gasteiger partial charge is 0.392 e. The van der Waals surface area contributed by atoms with Crippen molar-refractivity contribution in [3.8, 4) is 0 Å². The Bertz CT molecular complexity index is 244. The molecule has 0 rings (SSSR count). The number of ether oxygens (including phenoxy) is 1. The number of thiocarbonyl (C=S) groups is 1. The minimum Gasteiger partial charge on any atom is -0.392 e. The molecule has 0 spiro atoms. The molecule has 0 heterocycles. The lowest BCUT2D eigenvalue weighted by atomic mass is 10.2. The van der Waals surface area contributed by atoms with E-state index in [9.17, 15) is 4.79 Å². The predicted octanol–water partition coefficient (Wildman–Crippen LogP) is 1.32. The molecule has 0 aliphatic rings.